The zero-order valence-electron chi connectivity index (χ0n) is 12.1. The number of ether oxygens (including phenoxy) is 1. The van der Waals surface area contributed by atoms with Crippen molar-refractivity contribution in [3.8, 4) is 22.9 Å². The Balaban J connectivity index is 1.61. The van der Waals surface area contributed by atoms with Crippen LogP contribution in [-0.4, -0.2) is 19.9 Å². The molecule has 0 spiro atoms. The molecule has 0 bridgehead atoms. The maximum absolute atomic E-state index is 5.60. The Morgan fingerprint density at radius 3 is 2.39 bits per heavy atom. The number of rotatable bonds is 3. The lowest BCUT2D eigenvalue weighted by molar-refractivity contribution is 0.442. The summed E-state index contributed by atoms with van der Waals surface area (Å²) in [5.74, 6) is 0.711. The molecule has 5 heteroatoms. The van der Waals surface area contributed by atoms with Gasteiger partial charge in [0.1, 0.15) is 12.1 Å². The van der Waals surface area contributed by atoms with Gasteiger partial charge >= 0.3 is 6.01 Å². The van der Waals surface area contributed by atoms with E-state index in [1.165, 1.54) is 0 Å². The molecule has 0 fully saturated rings. The standard InChI is InChI=1S/C18H12N4O/c1-2-4-16(5-3-1)23-18-20-10-15(11-21-18)13-6-7-17-14(8-13)9-19-12-22-17/h1-12H. The molecule has 0 radical (unpaired) electrons. The highest BCUT2D eigenvalue weighted by atomic mass is 16.5. The highest BCUT2D eigenvalue weighted by Crippen LogP contribution is 2.23. The summed E-state index contributed by atoms with van der Waals surface area (Å²) in [6.07, 6.45) is 6.83. The van der Waals surface area contributed by atoms with Crippen LogP contribution in [0.25, 0.3) is 22.0 Å². The molecule has 0 saturated heterocycles. The number of fused-ring (bicyclic) bond motifs is 1. The van der Waals surface area contributed by atoms with Crippen LogP contribution in [-0.2, 0) is 0 Å². The highest BCUT2D eigenvalue weighted by molar-refractivity contribution is 5.83. The Bertz CT molecular complexity index is 940. The minimum Gasteiger partial charge on any atom is -0.424 e. The van der Waals surface area contributed by atoms with Gasteiger partial charge in [-0.15, -0.1) is 0 Å². The lowest BCUT2D eigenvalue weighted by Gasteiger charge is -2.05. The second-order valence-corrected chi connectivity index (χ2v) is 4.97. The zero-order valence-corrected chi connectivity index (χ0v) is 12.1. The van der Waals surface area contributed by atoms with Gasteiger partial charge < -0.3 is 4.74 Å². The van der Waals surface area contributed by atoms with Gasteiger partial charge in [-0.1, -0.05) is 24.3 Å². The molecule has 2 aromatic heterocycles. The minimum atomic E-state index is 0.323. The van der Waals surface area contributed by atoms with E-state index in [9.17, 15) is 0 Å². The molecule has 23 heavy (non-hydrogen) atoms. The first-order valence-electron chi connectivity index (χ1n) is 7.13. The third-order valence-corrected chi connectivity index (χ3v) is 3.42. The van der Waals surface area contributed by atoms with Crippen LogP contribution in [0.4, 0.5) is 0 Å². The Morgan fingerprint density at radius 2 is 1.57 bits per heavy atom. The van der Waals surface area contributed by atoms with E-state index in [4.69, 9.17) is 4.74 Å². The van der Waals surface area contributed by atoms with Crippen molar-refractivity contribution >= 4 is 10.9 Å². The topological polar surface area (TPSA) is 60.8 Å². The molecule has 0 saturated carbocycles. The van der Waals surface area contributed by atoms with Crippen LogP contribution in [0.1, 0.15) is 0 Å². The van der Waals surface area contributed by atoms with E-state index in [2.05, 4.69) is 19.9 Å². The van der Waals surface area contributed by atoms with Crippen molar-refractivity contribution in [3.05, 3.63) is 73.4 Å². The molecule has 0 aliphatic rings. The first-order valence-corrected chi connectivity index (χ1v) is 7.13. The monoisotopic (exact) mass is 300 g/mol. The Kier molecular flexibility index (Phi) is 3.37. The first-order chi connectivity index (χ1) is 11.4. The Morgan fingerprint density at radius 1 is 0.739 bits per heavy atom. The molecule has 0 atom stereocenters. The summed E-state index contributed by atoms with van der Waals surface area (Å²) in [6, 6.07) is 15.8. The van der Waals surface area contributed by atoms with Gasteiger partial charge in [0.15, 0.2) is 0 Å². The number of aromatic nitrogens is 4. The fraction of sp³-hybridized carbons (Fsp3) is 0. The molecule has 0 aliphatic heterocycles. The molecule has 110 valence electrons. The van der Waals surface area contributed by atoms with E-state index in [-0.39, 0.29) is 0 Å². The summed E-state index contributed by atoms with van der Waals surface area (Å²) in [5.41, 5.74) is 2.84. The van der Waals surface area contributed by atoms with Gasteiger partial charge in [-0.05, 0) is 29.8 Å². The predicted octanol–water partition coefficient (Wildman–Crippen LogP) is 3.88. The Labute approximate surface area is 132 Å². The summed E-state index contributed by atoms with van der Waals surface area (Å²) in [4.78, 5) is 16.8. The quantitative estimate of drug-likeness (QED) is 0.574. The fourth-order valence-corrected chi connectivity index (χ4v) is 2.28. The molecule has 2 aromatic carbocycles. The molecule has 2 heterocycles. The average Bonchev–Trinajstić information content (AvgIpc) is 2.63. The fourth-order valence-electron chi connectivity index (χ4n) is 2.28. The molecule has 4 aromatic rings. The number of hydrogen-bond acceptors (Lipinski definition) is 5. The summed E-state index contributed by atoms with van der Waals surface area (Å²) in [7, 11) is 0. The van der Waals surface area contributed by atoms with Crippen molar-refractivity contribution < 1.29 is 4.74 Å². The van der Waals surface area contributed by atoms with Crippen molar-refractivity contribution in [2.45, 2.75) is 0 Å². The molecular weight excluding hydrogens is 288 g/mol. The van der Waals surface area contributed by atoms with Crippen LogP contribution in [0.5, 0.6) is 11.8 Å². The van der Waals surface area contributed by atoms with Gasteiger partial charge in [-0.25, -0.2) is 19.9 Å². The van der Waals surface area contributed by atoms with Crippen LogP contribution < -0.4 is 4.74 Å². The average molecular weight is 300 g/mol. The van der Waals surface area contributed by atoms with Gasteiger partial charge in [0.25, 0.3) is 0 Å². The third kappa shape index (κ3) is 2.85. The van der Waals surface area contributed by atoms with E-state index >= 15 is 0 Å². The third-order valence-electron chi connectivity index (χ3n) is 3.42. The summed E-state index contributed by atoms with van der Waals surface area (Å²) >= 11 is 0. The lowest BCUT2D eigenvalue weighted by Crippen LogP contribution is -1.92. The van der Waals surface area contributed by atoms with Crippen LogP contribution >= 0.6 is 0 Å². The summed E-state index contributed by atoms with van der Waals surface area (Å²) in [6.45, 7) is 0. The van der Waals surface area contributed by atoms with E-state index < -0.39 is 0 Å². The van der Waals surface area contributed by atoms with Crippen LogP contribution in [0, 0.1) is 0 Å². The highest BCUT2D eigenvalue weighted by Gasteiger charge is 2.04. The zero-order chi connectivity index (χ0) is 15.5. The summed E-state index contributed by atoms with van der Waals surface area (Å²) in [5, 5.41) is 0.981. The van der Waals surface area contributed by atoms with Crippen LogP contribution in [0.15, 0.2) is 73.4 Å². The second-order valence-electron chi connectivity index (χ2n) is 4.97. The Hall–Kier alpha value is -3.34. The number of hydrogen-bond donors (Lipinski definition) is 0. The predicted molar refractivity (Wildman–Crippen MR) is 87.1 cm³/mol. The van der Waals surface area contributed by atoms with Crippen LogP contribution in [0.3, 0.4) is 0 Å². The molecule has 0 amide bonds. The molecule has 0 unspecified atom stereocenters. The largest absolute Gasteiger partial charge is 0.424 e. The maximum Gasteiger partial charge on any atom is 0.321 e. The van der Waals surface area contributed by atoms with Gasteiger partial charge in [0.05, 0.1) is 5.52 Å². The molecule has 0 N–H and O–H groups in total. The van der Waals surface area contributed by atoms with Crippen molar-refractivity contribution in [2.75, 3.05) is 0 Å². The molecule has 0 aliphatic carbocycles. The molecular formula is C18H12N4O. The normalized spacial score (nSPS) is 10.6. The number of benzene rings is 2. The smallest absolute Gasteiger partial charge is 0.321 e. The van der Waals surface area contributed by atoms with Gasteiger partial charge in [0.2, 0.25) is 0 Å². The second kappa shape index (κ2) is 5.81. The molecule has 4 rings (SSSR count). The van der Waals surface area contributed by atoms with Crippen molar-refractivity contribution in [2.24, 2.45) is 0 Å². The number of nitrogens with zero attached hydrogens (tertiary/aromatic N) is 4. The van der Waals surface area contributed by atoms with E-state index in [0.29, 0.717) is 11.8 Å². The van der Waals surface area contributed by atoms with Crippen molar-refractivity contribution in [1.82, 2.24) is 19.9 Å². The number of para-hydroxylation sites is 1. The van der Waals surface area contributed by atoms with Crippen molar-refractivity contribution in [3.63, 3.8) is 0 Å². The van der Waals surface area contributed by atoms with E-state index in [0.717, 1.165) is 22.0 Å². The van der Waals surface area contributed by atoms with Gasteiger partial charge in [-0.2, -0.15) is 0 Å². The lowest BCUT2D eigenvalue weighted by atomic mass is 10.1. The van der Waals surface area contributed by atoms with E-state index in [1.54, 1.807) is 24.9 Å². The summed E-state index contributed by atoms with van der Waals surface area (Å²) < 4.78 is 5.60. The minimum absolute atomic E-state index is 0.323. The maximum atomic E-state index is 5.60. The van der Waals surface area contributed by atoms with Crippen molar-refractivity contribution in [1.29, 1.82) is 0 Å². The van der Waals surface area contributed by atoms with Gasteiger partial charge in [0, 0.05) is 29.5 Å². The SMILES string of the molecule is c1ccc(Oc2ncc(-c3ccc4ncncc4c3)cn2)cc1. The van der Waals surface area contributed by atoms with E-state index in [1.807, 2.05) is 48.5 Å². The first kappa shape index (κ1) is 13.3. The van der Waals surface area contributed by atoms with Crippen LogP contribution in [0.2, 0.25) is 0 Å². The van der Waals surface area contributed by atoms with Gasteiger partial charge in [-0.3, -0.25) is 0 Å². The molecule has 5 nitrogen and oxygen atoms in total.